The molecule has 0 saturated heterocycles. The van der Waals surface area contributed by atoms with Gasteiger partial charge in [0, 0.05) is 17.9 Å². The average Bonchev–Trinajstić information content (AvgIpc) is 2.83. The Kier molecular flexibility index (Phi) is 4.28. The van der Waals surface area contributed by atoms with E-state index in [2.05, 4.69) is 15.9 Å². The van der Waals surface area contributed by atoms with E-state index in [1.54, 1.807) is 24.6 Å². The minimum Gasteiger partial charge on any atom is -0.206 e. The summed E-state index contributed by atoms with van der Waals surface area (Å²) in [6, 6.07) is 3.52. The predicted molar refractivity (Wildman–Crippen MR) is 74.2 cm³/mol. The smallest absolute Gasteiger partial charge is 0.206 e. The van der Waals surface area contributed by atoms with Crippen molar-refractivity contribution in [3.63, 3.8) is 0 Å². The van der Waals surface area contributed by atoms with Gasteiger partial charge < -0.3 is 0 Å². The van der Waals surface area contributed by atoms with E-state index >= 15 is 0 Å². The second-order valence-corrected chi connectivity index (χ2v) is 8.67. The number of nitrogens with zero attached hydrogens (tertiary/aromatic N) is 1. The Morgan fingerprint density at radius 2 is 2.12 bits per heavy atom. The minimum absolute atomic E-state index is 0.0795. The van der Waals surface area contributed by atoms with Crippen LogP contribution in [0, 0.1) is 0 Å². The van der Waals surface area contributed by atoms with Gasteiger partial charge in [0.1, 0.15) is 4.21 Å². The summed E-state index contributed by atoms with van der Waals surface area (Å²) >= 11 is 4.89. The zero-order valence-electron chi connectivity index (χ0n) is 9.67. The quantitative estimate of drug-likeness (QED) is 0.795. The van der Waals surface area contributed by atoms with Gasteiger partial charge in [-0.05, 0) is 24.3 Å². The zero-order valence-corrected chi connectivity index (χ0v) is 12.9. The lowest BCUT2D eigenvalue weighted by atomic mass is 9.96. The molecule has 6 heteroatoms. The third-order valence-electron chi connectivity index (χ3n) is 3.24. The average molecular weight is 338 g/mol. The minimum atomic E-state index is -3.31. The van der Waals surface area contributed by atoms with Gasteiger partial charge in [0.05, 0.1) is 0 Å². The largest absolute Gasteiger partial charge is 0.252 e. The SMILES string of the molecule is CN(C1CCCCC1Br)S(=O)(=O)c1cccs1. The first-order valence-electron chi connectivity index (χ1n) is 5.69. The molecule has 0 aromatic carbocycles. The van der Waals surface area contributed by atoms with Crippen LogP contribution in [0.1, 0.15) is 25.7 Å². The molecule has 17 heavy (non-hydrogen) atoms. The summed E-state index contributed by atoms with van der Waals surface area (Å²) in [5, 5.41) is 1.80. The molecule has 1 saturated carbocycles. The standard InChI is InChI=1S/C11H16BrNO2S2/c1-13(10-6-3-2-5-9(10)12)17(14,15)11-7-4-8-16-11/h4,7-10H,2-3,5-6H2,1H3. The van der Waals surface area contributed by atoms with Gasteiger partial charge in [-0.1, -0.05) is 34.8 Å². The summed E-state index contributed by atoms with van der Waals surface area (Å²) < 4.78 is 26.7. The highest BCUT2D eigenvalue weighted by Gasteiger charge is 2.34. The lowest BCUT2D eigenvalue weighted by molar-refractivity contribution is 0.297. The molecule has 2 rings (SSSR count). The Morgan fingerprint density at radius 3 is 2.71 bits per heavy atom. The van der Waals surface area contributed by atoms with Crippen LogP contribution in [0.2, 0.25) is 0 Å². The first-order valence-corrected chi connectivity index (χ1v) is 8.92. The molecule has 1 fully saturated rings. The van der Waals surface area contributed by atoms with Crippen molar-refractivity contribution in [3.8, 4) is 0 Å². The highest BCUT2D eigenvalue weighted by Crippen LogP contribution is 2.31. The fraction of sp³-hybridized carbons (Fsp3) is 0.636. The predicted octanol–water partition coefficient (Wildman–Crippen LogP) is 3.07. The Hall–Kier alpha value is 0.0900. The van der Waals surface area contributed by atoms with Gasteiger partial charge in [-0.2, -0.15) is 4.31 Å². The molecule has 0 radical (unpaired) electrons. The first kappa shape index (κ1) is 13.5. The number of hydrogen-bond donors (Lipinski definition) is 0. The van der Waals surface area contributed by atoms with Crippen molar-refractivity contribution < 1.29 is 8.42 Å². The fourth-order valence-electron chi connectivity index (χ4n) is 2.21. The highest BCUT2D eigenvalue weighted by atomic mass is 79.9. The lowest BCUT2D eigenvalue weighted by Crippen LogP contribution is -2.43. The lowest BCUT2D eigenvalue weighted by Gasteiger charge is -2.34. The fourth-order valence-corrected chi connectivity index (χ4v) is 5.90. The molecule has 1 aromatic heterocycles. The van der Waals surface area contributed by atoms with Crippen molar-refractivity contribution in [1.29, 1.82) is 0 Å². The van der Waals surface area contributed by atoms with Crippen molar-refractivity contribution in [2.24, 2.45) is 0 Å². The maximum atomic E-state index is 12.4. The summed E-state index contributed by atoms with van der Waals surface area (Å²) in [4.78, 5) is 0.274. The van der Waals surface area contributed by atoms with Crippen LogP contribution in [0.15, 0.2) is 21.7 Å². The van der Waals surface area contributed by atoms with Crippen LogP contribution in [0.5, 0.6) is 0 Å². The number of hydrogen-bond acceptors (Lipinski definition) is 3. The van der Waals surface area contributed by atoms with Crippen LogP contribution in [-0.4, -0.2) is 30.6 Å². The van der Waals surface area contributed by atoms with E-state index < -0.39 is 10.0 Å². The molecule has 0 aliphatic heterocycles. The van der Waals surface area contributed by atoms with Gasteiger partial charge in [0.2, 0.25) is 0 Å². The number of thiophene rings is 1. The van der Waals surface area contributed by atoms with Crippen molar-refractivity contribution in [3.05, 3.63) is 17.5 Å². The molecule has 2 atom stereocenters. The molecular formula is C11H16BrNO2S2. The first-order chi connectivity index (χ1) is 8.03. The Labute approximate surface area is 115 Å². The third-order valence-corrected chi connectivity index (χ3v) is 7.57. The second kappa shape index (κ2) is 5.38. The van der Waals surface area contributed by atoms with Crippen LogP contribution in [0.25, 0.3) is 0 Å². The molecule has 0 amide bonds. The zero-order chi connectivity index (χ0) is 12.5. The molecule has 96 valence electrons. The number of sulfonamides is 1. The highest BCUT2D eigenvalue weighted by molar-refractivity contribution is 9.09. The van der Waals surface area contributed by atoms with Gasteiger partial charge >= 0.3 is 0 Å². The maximum Gasteiger partial charge on any atom is 0.252 e. The van der Waals surface area contributed by atoms with E-state index in [9.17, 15) is 8.42 Å². The van der Waals surface area contributed by atoms with Gasteiger partial charge in [-0.25, -0.2) is 8.42 Å². The molecular weight excluding hydrogens is 322 g/mol. The van der Waals surface area contributed by atoms with Crippen LogP contribution in [0.3, 0.4) is 0 Å². The molecule has 1 heterocycles. The molecule has 3 nitrogen and oxygen atoms in total. The molecule has 1 aromatic rings. The van der Waals surface area contributed by atoms with Crippen molar-refractivity contribution >= 4 is 37.3 Å². The van der Waals surface area contributed by atoms with Gasteiger partial charge in [-0.15, -0.1) is 11.3 Å². The molecule has 2 unspecified atom stereocenters. The van der Waals surface area contributed by atoms with Gasteiger partial charge in [0.25, 0.3) is 10.0 Å². The summed E-state index contributed by atoms with van der Waals surface area (Å²) in [5.74, 6) is 0. The van der Waals surface area contributed by atoms with E-state index in [1.807, 2.05) is 0 Å². The number of halogens is 1. The summed E-state index contributed by atoms with van der Waals surface area (Å²) in [7, 11) is -1.61. The Bertz CT molecular complexity index is 458. The number of alkyl halides is 1. The molecule has 1 aliphatic rings. The van der Waals surface area contributed by atoms with Crippen molar-refractivity contribution in [2.75, 3.05) is 7.05 Å². The van der Waals surface area contributed by atoms with Gasteiger partial charge in [-0.3, -0.25) is 0 Å². The maximum absolute atomic E-state index is 12.4. The Morgan fingerprint density at radius 1 is 1.41 bits per heavy atom. The van der Waals surface area contributed by atoms with Crippen molar-refractivity contribution in [1.82, 2.24) is 4.31 Å². The normalized spacial score (nSPS) is 26.3. The topological polar surface area (TPSA) is 37.4 Å². The second-order valence-electron chi connectivity index (χ2n) is 4.32. The van der Waals surface area contributed by atoms with E-state index in [1.165, 1.54) is 22.1 Å². The molecule has 1 aliphatic carbocycles. The third kappa shape index (κ3) is 2.75. The summed E-state index contributed by atoms with van der Waals surface area (Å²) in [6.45, 7) is 0. The van der Waals surface area contributed by atoms with Crippen LogP contribution in [-0.2, 0) is 10.0 Å². The van der Waals surface area contributed by atoms with Crippen LogP contribution < -0.4 is 0 Å². The molecule has 0 spiro atoms. The van der Waals surface area contributed by atoms with E-state index in [-0.39, 0.29) is 10.9 Å². The summed E-state index contributed by atoms with van der Waals surface area (Å²) in [6.07, 6.45) is 4.28. The van der Waals surface area contributed by atoms with Gasteiger partial charge in [0.15, 0.2) is 0 Å². The van der Waals surface area contributed by atoms with E-state index in [0.29, 0.717) is 4.21 Å². The van der Waals surface area contributed by atoms with Crippen molar-refractivity contribution in [2.45, 2.75) is 40.8 Å². The van der Waals surface area contributed by atoms with Crippen LogP contribution in [0.4, 0.5) is 0 Å². The molecule has 0 N–H and O–H groups in total. The summed E-state index contributed by atoms with van der Waals surface area (Å²) in [5.41, 5.74) is 0. The van der Waals surface area contributed by atoms with E-state index in [4.69, 9.17) is 0 Å². The molecule has 0 bridgehead atoms. The monoisotopic (exact) mass is 337 g/mol. The van der Waals surface area contributed by atoms with E-state index in [0.717, 1.165) is 19.3 Å². The Balaban J connectivity index is 2.22. The number of rotatable bonds is 3. The van der Waals surface area contributed by atoms with Crippen LogP contribution >= 0.6 is 27.3 Å².